The zero-order valence-corrected chi connectivity index (χ0v) is 18.1. The summed E-state index contributed by atoms with van der Waals surface area (Å²) in [5, 5.41) is 6.29. The Morgan fingerprint density at radius 2 is 1.86 bits per heavy atom. The van der Waals surface area contributed by atoms with Crippen molar-refractivity contribution in [1.29, 1.82) is 0 Å². The van der Waals surface area contributed by atoms with Crippen molar-refractivity contribution < 1.29 is 19.1 Å². The molecule has 0 bridgehead atoms. The van der Waals surface area contributed by atoms with Crippen LogP contribution in [0.15, 0.2) is 41.0 Å². The number of alkyl carbamates (subject to hydrolysis) is 1. The number of nitrogens with one attached hydrogen (secondary N) is 2. The second-order valence-corrected chi connectivity index (χ2v) is 7.65. The highest BCUT2D eigenvalue weighted by Crippen LogP contribution is 2.12. The van der Waals surface area contributed by atoms with Crippen LogP contribution in [0.1, 0.15) is 33.3 Å². The van der Waals surface area contributed by atoms with Gasteiger partial charge in [0.15, 0.2) is 5.17 Å². The molecule has 0 aromatic heterocycles. The molecule has 1 aromatic rings. The Hall–Kier alpha value is -2.48. The Balaban J connectivity index is 2.87. The van der Waals surface area contributed by atoms with Crippen LogP contribution < -0.4 is 10.6 Å². The van der Waals surface area contributed by atoms with Crippen LogP contribution in [0, 0.1) is 6.92 Å². The maximum absolute atomic E-state index is 12.2. The van der Waals surface area contributed by atoms with Gasteiger partial charge < -0.3 is 14.8 Å². The highest BCUT2D eigenvalue weighted by molar-refractivity contribution is 8.13. The first-order chi connectivity index (χ1) is 13.1. The Morgan fingerprint density at radius 1 is 1.21 bits per heavy atom. The minimum absolute atomic E-state index is 0.0453. The number of ether oxygens (including phenoxy) is 2. The van der Waals surface area contributed by atoms with Gasteiger partial charge in [-0.1, -0.05) is 29.5 Å². The van der Waals surface area contributed by atoms with Gasteiger partial charge in [0.05, 0.1) is 18.7 Å². The van der Waals surface area contributed by atoms with E-state index in [4.69, 9.17) is 9.47 Å². The van der Waals surface area contributed by atoms with Crippen molar-refractivity contribution in [3.63, 3.8) is 0 Å². The van der Waals surface area contributed by atoms with Crippen molar-refractivity contribution in [2.24, 2.45) is 4.99 Å². The van der Waals surface area contributed by atoms with E-state index in [2.05, 4.69) is 15.6 Å². The first-order valence-corrected chi connectivity index (χ1v) is 10.1. The van der Waals surface area contributed by atoms with Gasteiger partial charge in [-0.2, -0.15) is 0 Å². The molecule has 0 unspecified atom stereocenters. The number of esters is 1. The summed E-state index contributed by atoms with van der Waals surface area (Å²) in [7, 11) is 0. The number of amidine groups is 1. The van der Waals surface area contributed by atoms with Gasteiger partial charge in [-0.15, -0.1) is 0 Å². The molecule has 0 saturated carbocycles. The number of aryl methyl sites for hydroxylation is 1. The zero-order valence-electron chi connectivity index (χ0n) is 17.3. The molecule has 1 amide bonds. The molecule has 0 atom stereocenters. The van der Waals surface area contributed by atoms with Gasteiger partial charge in [0, 0.05) is 11.9 Å². The summed E-state index contributed by atoms with van der Waals surface area (Å²) in [6, 6.07) is 7.89. The summed E-state index contributed by atoms with van der Waals surface area (Å²) in [5.41, 5.74) is 1.63. The molecule has 154 valence electrons. The summed E-state index contributed by atoms with van der Waals surface area (Å²) < 4.78 is 10.2. The van der Waals surface area contributed by atoms with Crippen molar-refractivity contribution in [2.75, 3.05) is 24.7 Å². The third-order valence-corrected chi connectivity index (χ3v) is 3.81. The number of carbonyl (C=O) groups excluding carboxylic acids is 2. The Kier molecular flexibility index (Phi) is 9.58. The molecule has 0 fully saturated rings. The highest BCUT2D eigenvalue weighted by Gasteiger charge is 2.17. The van der Waals surface area contributed by atoms with Crippen LogP contribution in [0.4, 0.5) is 10.5 Å². The number of rotatable bonds is 6. The average molecular weight is 408 g/mol. The molecule has 0 aliphatic heterocycles. The Labute approximate surface area is 171 Å². The van der Waals surface area contributed by atoms with Crippen LogP contribution in [0.3, 0.4) is 0 Å². The number of hydrogen-bond acceptors (Lipinski definition) is 6. The number of carbonyl (C=O) groups is 2. The fraction of sp³-hybridized carbons (Fsp3) is 0.450. The molecule has 1 aromatic carbocycles. The number of anilines is 1. The van der Waals surface area contributed by atoms with Gasteiger partial charge in [-0.05, 0) is 53.0 Å². The van der Waals surface area contributed by atoms with E-state index >= 15 is 0 Å². The lowest BCUT2D eigenvalue weighted by atomic mass is 10.2. The zero-order chi connectivity index (χ0) is 21.2. The molecule has 0 spiro atoms. The van der Waals surface area contributed by atoms with Gasteiger partial charge in [0.1, 0.15) is 5.60 Å². The van der Waals surface area contributed by atoms with E-state index in [0.717, 1.165) is 11.3 Å². The lowest BCUT2D eigenvalue weighted by Crippen LogP contribution is -2.30. The molecular weight excluding hydrogens is 378 g/mol. The Morgan fingerprint density at radius 3 is 2.39 bits per heavy atom. The van der Waals surface area contributed by atoms with Crippen molar-refractivity contribution in [2.45, 2.75) is 40.2 Å². The largest absolute Gasteiger partial charge is 0.463 e. The summed E-state index contributed by atoms with van der Waals surface area (Å²) in [6.07, 6.45) is 2.51. The van der Waals surface area contributed by atoms with Crippen LogP contribution in [0.2, 0.25) is 0 Å². The molecule has 0 saturated heterocycles. The van der Waals surface area contributed by atoms with E-state index in [0.29, 0.717) is 5.17 Å². The lowest BCUT2D eigenvalue weighted by Gasteiger charge is -2.19. The van der Waals surface area contributed by atoms with Gasteiger partial charge in [0.2, 0.25) is 0 Å². The van der Waals surface area contributed by atoms with Crippen molar-refractivity contribution in [3.05, 3.63) is 41.6 Å². The summed E-state index contributed by atoms with van der Waals surface area (Å²) in [5.74, 6) is -0.543. The minimum atomic E-state index is -0.652. The van der Waals surface area contributed by atoms with Crippen LogP contribution in [-0.2, 0) is 14.3 Å². The molecule has 0 aliphatic carbocycles. The quantitative estimate of drug-likeness (QED) is 0.319. The third kappa shape index (κ3) is 9.45. The maximum Gasteiger partial charge on any atom is 0.411 e. The minimum Gasteiger partial charge on any atom is -0.463 e. The molecule has 0 radical (unpaired) electrons. The first-order valence-electron chi connectivity index (χ1n) is 8.92. The molecular formula is C20H29N3O4S. The number of aliphatic imine (C=N–C) groups is 1. The maximum atomic E-state index is 12.2. The monoisotopic (exact) mass is 407 g/mol. The predicted molar refractivity (Wildman–Crippen MR) is 115 cm³/mol. The molecule has 0 heterocycles. The smallest absolute Gasteiger partial charge is 0.411 e. The summed E-state index contributed by atoms with van der Waals surface area (Å²) >= 11 is 1.42. The number of nitrogens with zero attached hydrogens (tertiary/aromatic N) is 1. The van der Waals surface area contributed by atoms with Crippen LogP contribution in [0.25, 0.3) is 0 Å². The van der Waals surface area contributed by atoms with Gasteiger partial charge >= 0.3 is 12.1 Å². The van der Waals surface area contributed by atoms with Gasteiger partial charge in [-0.3, -0.25) is 10.3 Å². The van der Waals surface area contributed by atoms with Crippen LogP contribution >= 0.6 is 11.8 Å². The standard InChI is InChI=1S/C20H29N3O4S/c1-7-26-17(24)15(13-22-19(25)27-20(3,4)5)12-21-18(28-6)23-16-10-8-14(2)9-11-16/h8-11,13H,7,12H2,1-6H3,(H,21,23)(H,22,25)/b15-13-. The van der Waals surface area contributed by atoms with Crippen molar-refractivity contribution in [1.82, 2.24) is 5.32 Å². The van der Waals surface area contributed by atoms with Gasteiger partial charge in [-0.25, -0.2) is 9.59 Å². The SMILES string of the molecule is CCOC(=O)/C(=C\NC(=O)OC(C)(C)C)CN=C(Nc1ccc(C)cc1)SC. The number of hydrogen-bond donors (Lipinski definition) is 2. The number of thioether (sulfide) groups is 1. The van der Waals surface area contributed by atoms with E-state index < -0.39 is 17.7 Å². The summed E-state index contributed by atoms with van der Waals surface area (Å²) in [4.78, 5) is 28.4. The van der Waals surface area contributed by atoms with Crippen LogP contribution in [0.5, 0.6) is 0 Å². The molecule has 0 aliphatic rings. The number of amides is 1. The van der Waals surface area contributed by atoms with Crippen molar-refractivity contribution in [3.8, 4) is 0 Å². The van der Waals surface area contributed by atoms with E-state index in [1.807, 2.05) is 37.4 Å². The van der Waals surface area contributed by atoms with Gasteiger partial charge in [0.25, 0.3) is 0 Å². The first kappa shape index (κ1) is 23.6. The van der Waals surface area contributed by atoms with Crippen molar-refractivity contribution >= 4 is 34.7 Å². The summed E-state index contributed by atoms with van der Waals surface area (Å²) in [6.45, 7) is 9.28. The fourth-order valence-electron chi connectivity index (χ4n) is 1.92. The van der Waals surface area contributed by atoms with Crippen LogP contribution in [-0.4, -0.2) is 42.2 Å². The average Bonchev–Trinajstić information content (AvgIpc) is 2.61. The van der Waals surface area contributed by atoms with E-state index in [9.17, 15) is 9.59 Å². The number of benzene rings is 1. The van der Waals surface area contributed by atoms with E-state index in [-0.39, 0.29) is 18.7 Å². The fourth-order valence-corrected chi connectivity index (χ4v) is 2.33. The second kappa shape index (κ2) is 11.4. The molecule has 8 heteroatoms. The third-order valence-electron chi connectivity index (χ3n) is 3.19. The predicted octanol–water partition coefficient (Wildman–Crippen LogP) is 4.10. The molecule has 28 heavy (non-hydrogen) atoms. The molecule has 7 nitrogen and oxygen atoms in total. The Bertz CT molecular complexity index is 722. The molecule has 2 N–H and O–H groups in total. The normalized spacial score (nSPS) is 12.4. The highest BCUT2D eigenvalue weighted by atomic mass is 32.2. The van der Waals surface area contributed by atoms with E-state index in [1.54, 1.807) is 27.7 Å². The lowest BCUT2D eigenvalue weighted by molar-refractivity contribution is -0.138. The topological polar surface area (TPSA) is 89.0 Å². The molecule has 1 rings (SSSR count). The second-order valence-electron chi connectivity index (χ2n) is 6.85. The van der Waals surface area contributed by atoms with E-state index in [1.165, 1.54) is 18.0 Å².